The van der Waals surface area contributed by atoms with Gasteiger partial charge in [-0.2, -0.15) is 0 Å². The Bertz CT molecular complexity index is 1580. The smallest absolute Gasteiger partial charge is 0.339 e. The number of carbonyl (C=O) groups excluding carboxylic acids is 2. The molecule has 0 unspecified atom stereocenters. The Morgan fingerprint density at radius 3 is 1.84 bits per heavy atom. The van der Waals surface area contributed by atoms with Gasteiger partial charge in [-0.1, -0.05) is 48.5 Å². The van der Waals surface area contributed by atoms with Gasteiger partial charge >= 0.3 is 5.97 Å². The lowest BCUT2D eigenvalue weighted by atomic mass is 9.99. The second-order valence-electron chi connectivity index (χ2n) is 8.22. The van der Waals surface area contributed by atoms with Crippen LogP contribution in [-0.4, -0.2) is 26.9 Å². The average molecular weight is 505 g/mol. The van der Waals surface area contributed by atoms with Crippen LogP contribution < -0.4 is 0 Å². The zero-order valence-electron chi connectivity index (χ0n) is 19.8. The van der Waals surface area contributed by atoms with Gasteiger partial charge in [0.05, 0.1) is 10.5 Å². The van der Waals surface area contributed by atoms with Crippen LogP contribution in [0.2, 0.25) is 0 Å². The summed E-state index contributed by atoms with van der Waals surface area (Å²) in [7, 11) is 0. The lowest BCUT2D eigenvalue weighted by molar-refractivity contribution is -0.384. The van der Waals surface area contributed by atoms with Crippen molar-refractivity contribution in [2.75, 3.05) is 0 Å². The van der Waals surface area contributed by atoms with Gasteiger partial charge in [0.1, 0.15) is 0 Å². The number of non-ortho nitro benzene ring substituents is 1. The third-order valence-corrected chi connectivity index (χ3v) is 5.74. The molecule has 0 aliphatic rings. The van der Waals surface area contributed by atoms with Crippen LogP contribution in [0.1, 0.15) is 32.4 Å². The summed E-state index contributed by atoms with van der Waals surface area (Å²) in [5.74, 6) is -0.537. The molecule has 0 saturated carbocycles. The first-order chi connectivity index (χ1) is 18.5. The molecule has 5 rings (SSSR count). The standard InChI is InChI=1S/C29H19N3O6/c33-25(19-7-3-1-4-8-19)26(20-15-17-24(18-16-20)32(35)36)37-29(34)23-13-11-22(12-14-23)28-31-30-27(38-28)21-9-5-2-6-10-21/h1-18,26H/t26-/m1/s1. The highest BCUT2D eigenvalue weighted by Gasteiger charge is 2.27. The topological polar surface area (TPSA) is 125 Å². The maximum atomic E-state index is 13.3. The number of ketones is 1. The summed E-state index contributed by atoms with van der Waals surface area (Å²) in [6, 6.07) is 29.4. The first-order valence-corrected chi connectivity index (χ1v) is 11.5. The van der Waals surface area contributed by atoms with Gasteiger partial charge in [-0.25, -0.2) is 4.79 Å². The minimum absolute atomic E-state index is 0.141. The Morgan fingerprint density at radius 2 is 1.26 bits per heavy atom. The van der Waals surface area contributed by atoms with E-state index in [0.29, 0.717) is 22.6 Å². The average Bonchev–Trinajstić information content (AvgIpc) is 3.47. The van der Waals surface area contributed by atoms with Gasteiger partial charge in [0, 0.05) is 34.4 Å². The van der Waals surface area contributed by atoms with E-state index in [0.717, 1.165) is 5.56 Å². The van der Waals surface area contributed by atoms with Crippen molar-refractivity contribution in [3.05, 3.63) is 136 Å². The number of aromatic nitrogens is 2. The predicted molar refractivity (Wildman–Crippen MR) is 137 cm³/mol. The SMILES string of the molecule is O=C(O[C@@H](C(=O)c1ccccc1)c1ccc([N+](=O)[O-])cc1)c1ccc(-c2nnc(-c3ccccc3)o2)cc1. The Balaban J connectivity index is 1.37. The number of ether oxygens (including phenoxy) is 1. The molecule has 0 fully saturated rings. The first-order valence-electron chi connectivity index (χ1n) is 11.5. The number of nitro groups is 1. The molecule has 5 aromatic rings. The van der Waals surface area contributed by atoms with Gasteiger partial charge in [0.2, 0.25) is 17.6 Å². The van der Waals surface area contributed by atoms with Crippen molar-refractivity contribution in [2.45, 2.75) is 6.10 Å². The molecule has 0 bridgehead atoms. The highest BCUT2D eigenvalue weighted by molar-refractivity contribution is 6.02. The molecule has 0 spiro atoms. The number of rotatable bonds is 8. The van der Waals surface area contributed by atoms with Crippen LogP contribution in [0.5, 0.6) is 0 Å². The summed E-state index contributed by atoms with van der Waals surface area (Å²) in [4.78, 5) is 36.8. The number of nitro benzene ring substituents is 1. The summed E-state index contributed by atoms with van der Waals surface area (Å²) in [6.45, 7) is 0. The van der Waals surface area contributed by atoms with Crippen molar-refractivity contribution in [3.8, 4) is 22.9 Å². The molecule has 9 nitrogen and oxygen atoms in total. The highest BCUT2D eigenvalue weighted by atomic mass is 16.6. The molecule has 0 aliphatic heterocycles. The van der Waals surface area contributed by atoms with E-state index in [-0.39, 0.29) is 17.1 Å². The molecule has 0 amide bonds. The monoisotopic (exact) mass is 505 g/mol. The molecule has 1 atom stereocenters. The molecule has 0 radical (unpaired) electrons. The number of hydrogen-bond acceptors (Lipinski definition) is 8. The van der Waals surface area contributed by atoms with Gasteiger partial charge < -0.3 is 9.15 Å². The van der Waals surface area contributed by atoms with Crippen molar-refractivity contribution >= 4 is 17.4 Å². The van der Waals surface area contributed by atoms with Crippen LogP contribution >= 0.6 is 0 Å². The van der Waals surface area contributed by atoms with Gasteiger partial charge in [0.15, 0.2) is 6.10 Å². The molecule has 0 saturated heterocycles. The summed E-state index contributed by atoms with van der Waals surface area (Å²) >= 11 is 0. The molecule has 1 aromatic heterocycles. The van der Waals surface area contributed by atoms with Crippen LogP contribution in [0, 0.1) is 10.1 Å². The molecule has 0 N–H and O–H groups in total. The van der Waals surface area contributed by atoms with E-state index in [1.807, 2.05) is 30.3 Å². The fraction of sp³-hybridized carbons (Fsp3) is 0.0345. The van der Waals surface area contributed by atoms with E-state index in [4.69, 9.17) is 9.15 Å². The van der Waals surface area contributed by atoms with Crippen LogP contribution in [-0.2, 0) is 4.74 Å². The number of Topliss-reactive ketones (excluding diaryl/α,β-unsaturated/α-hetero) is 1. The van der Waals surface area contributed by atoms with E-state index < -0.39 is 22.8 Å². The summed E-state index contributed by atoms with van der Waals surface area (Å²) < 4.78 is 11.4. The summed E-state index contributed by atoms with van der Waals surface area (Å²) in [6.07, 6.45) is -1.30. The quantitative estimate of drug-likeness (QED) is 0.107. The maximum absolute atomic E-state index is 13.3. The molecule has 38 heavy (non-hydrogen) atoms. The number of carbonyl (C=O) groups is 2. The summed E-state index contributed by atoms with van der Waals surface area (Å²) in [5, 5.41) is 19.2. The van der Waals surface area contributed by atoms with Gasteiger partial charge in [-0.3, -0.25) is 14.9 Å². The normalized spacial score (nSPS) is 11.5. The van der Waals surface area contributed by atoms with Crippen molar-refractivity contribution in [2.24, 2.45) is 0 Å². The highest BCUT2D eigenvalue weighted by Crippen LogP contribution is 2.27. The van der Waals surface area contributed by atoms with Gasteiger partial charge in [0.25, 0.3) is 5.69 Å². The second kappa shape index (κ2) is 10.7. The number of nitrogens with zero attached hydrogens (tertiary/aromatic N) is 3. The van der Waals surface area contributed by atoms with E-state index in [2.05, 4.69) is 10.2 Å². The molecule has 186 valence electrons. The molecule has 0 aliphatic carbocycles. The zero-order valence-corrected chi connectivity index (χ0v) is 19.8. The third-order valence-electron chi connectivity index (χ3n) is 5.74. The Kier molecular flexibility index (Phi) is 6.81. The zero-order chi connectivity index (χ0) is 26.5. The van der Waals surface area contributed by atoms with Crippen molar-refractivity contribution in [1.29, 1.82) is 0 Å². The first kappa shape index (κ1) is 24.3. The van der Waals surface area contributed by atoms with Crippen LogP contribution in [0.3, 0.4) is 0 Å². The third kappa shape index (κ3) is 5.21. The summed E-state index contributed by atoms with van der Waals surface area (Å²) in [5.41, 5.74) is 2.09. The predicted octanol–water partition coefficient (Wildman–Crippen LogP) is 6.09. The van der Waals surface area contributed by atoms with Crippen LogP contribution in [0.25, 0.3) is 22.9 Å². The number of hydrogen-bond donors (Lipinski definition) is 0. The lowest BCUT2D eigenvalue weighted by Gasteiger charge is -2.17. The van der Waals surface area contributed by atoms with E-state index >= 15 is 0 Å². The molecule has 1 heterocycles. The van der Waals surface area contributed by atoms with Crippen molar-refractivity contribution < 1.29 is 23.7 Å². The maximum Gasteiger partial charge on any atom is 0.339 e. The molecular formula is C29H19N3O6. The Morgan fingerprint density at radius 1 is 0.711 bits per heavy atom. The fourth-order valence-electron chi connectivity index (χ4n) is 3.76. The van der Waals surface area contributed by atoms with E-state index in [9.17, 15) is 19.7 Å². The Labute approximate surface area is 216 Å². The van der Waals surface area contributed by atoms with Crippen LogP contribution in [0.4, 0.5) is 5.69 Å². The Hall–Kier alpha value is -5.44. The van der Waals surface area contributed by atoms with Crippen molar-refractivity contribution in [1.82, 2.24) is 10.2 Å². The number of esters is 1. The largest absolute Gasteiger partial charge is 0.445 e. The van der Waals surface area contributed by atoms with Gasteiger partial charge in [-0.15, -0.1) is 10.2 Å². The second-order valence-corrected chi connectivity index (χ2v) is 8.22. The fourth-order valence-corrected chi connectivity index (χ4v) is 3.76. The van der Waals surface area contributed by atoms with Crippen molar-refractivity contribution in [3.63, 3.8) is 0 Å². The minimum atomic E-state index is -1.30. The molecule has 9 heteroatoms. The lowest BCUT2D eigenvalue weighted by Crippen LogP contribution is -2.20. The van der Waals surface area contributed by atoms with Gasteiger partial charge in [-0.05, 0) is 48.5 Å². The van der Waals surface area contributed by atoms with E-state index in [1.54, 1.807) is 42.5 Å². The minimum Gasteiger partial charge on any atom is -0.445 e. The molecular weight excluding hydrogens is 486 g/mol. The van der Waals surface area contributed by atoms with E-state index in [1.165, 1.54) is 36.4 Å². The van der Waals surface area contributed by atoms with Crippen LogP contribution in [0.15, 0.2) is 114 Å². The molecule has 4 aromatic carbocycles. The number of benzene rings is 4.